The molecule has 0 atom stereocenters. The quantitative estimate of drug-likeness (QED) is 0.844. The van der Waals surface area contributed by atoms with Gasteiger partial charge in [0.15, 0.2) is 5.03 Å². The molecule has 1 aromatic heterocycles. The van der Waals surface area contributed by atoms with E-state index in [1.807, 2.05) is 6.92 Å². The van der Waals surface area contributed by atoms with Gasteiger partial charge in [-0.15, -0.1) is 0 Å². The number of imidazole rings is 1. The fraction of sp³-hybridized carbons (Fsp3) is 0.182. The van der Waals surface area contributed by atoms with Crippen LogP contribution in [0, 0.1) is 0 Å². The molecule has 0 amide bonds. The van der Waals surface area contributed by atoms with Gasteiger partial charge >= 0.3 is 0 Å². The lowest BCUT2D eigenvalue weighted by molar-refractivity contribution is 0.598. The number of benzene rings is 1. The molecule has 0 aliphatic rings. The maximum Gasteiger partial charge on any atom is 0.280 e. The summed E-state index contributed by atoms with van der Waals surface area (Å²) >= 11 is 5.91. The van der Waals surface area contributed by atoms with Gasteiger partial charge in [0.05, 0.1) is 17.0 Å². The van der Waals surface area contributed by atoms with Crippen molar-refractivity contribution in [1.29, 1.82) is 0 Å². The number of halogens is 1. The highest BCUT2D eigenvalue weighted by Gasteiger charge is 2.18. The number of aromatic nitrogens is 2. The molecule has 0 unspecified atom stereocenters. The SMILES string of the molecule is CCn1cnc(S(=O)(=O)Nc2cc(N)ccc2Cl)c1. The number of sulfonamides is 1. The van der Waals surface area contributed by atoms with E-state index >= 15 is 0 Å². The Balaban J connectivity index is 2.33. The third-order valence-electron chi connectivity index (χ3n) is 2.48. The topological polar surface area (TPSA) is 90.0 Å². The van der Waals surface area contributed by atoms with Gasteiger partial charge in [-0.1, -0.05) is 11.6 Å². The Morgan fingerprint density at radius 2 is 2.21 bits per heavy atom. The third kappa shape index (κ3) is 2.99. The smallest absolute Gasteiger partial charge is 0.280 e. The van der Waals surface area contributed by atoms with E-state index in [0.717, 1.165) is 0 Å². The Labute approximate surface area is 116 Å². The summed E-state index contributed by atoms with van der Waals surface area (Å²) in [6.45, 7) is 2.53. The van der Waals surface area contributed by atoms with Crippen LogP contribution in [0.1, 0.15) is 6.92 Å². The highest BCUT2D eigenvalue weighted by atomic mass is 35.5. The highest BCUT2D eigenvalue weighted by molar-refractivity contribution is 7.92. The van der Waals surface area contributed by atoms with Crippen molar-refractivity contribution >= 4 is 33.0 Å². The predicted octanol–water partition coefficient (Wildman–Crippen LogP) is 1.94. The van der Waals surface area contributed by atoms with Crippen LogP contribution in [0.4, 0.5) is 11.4 Å². The van der Waals surface area contributed by atoms with Gasteiger partial charge in [0.2, 0.25) is 0 Å². The molecule has 3 N–H and O–H groups in total. The highest BCUT2D eigenvalue weighted by Crippen LogP contribution is 2.26. The average molecular weight is 301 g/mol. The molecule has 0 radical (unpaired) electrons. The molecular formula is C11H13ClN4O2S. The second-order valence-electron chi connectivity index (χ2n) is 3.89. The molecule has 8 heteroatoms. The monoisotopic (exact) mass is 300 g/mol. The van der Waals surface area contributed by atoms with Crippen molar-refractivity contribution in [3.05, 3.63) is 35.7 Å². The molecule has 1 aromatic carbocycles. The summed E-state index contributed by atoms with van der Waals surface area (Å²) < 4.78 is 28.2. The maximum absolute atomic E-state index is 12.1. The predicted molar refractivity (Wildman–Crippen MR) is 74.6 cm³/mol. The summed E-state index contributed by atoms with van der Waals surface area (Å²) in [5, 5.41) is 0.209. The summed E-state index contributed by atoms with van der Waals surface area (Å²) in [4.78, 5) is 3.85. The molecule has 1 heterocycles. The van der Waals surface area contributed by atoms with Crippen molar-refractivity contribution in [2.24, 2.45) is 0 Å². The molecule has 0 spiro atoms. The number of hydrogen-bond acceptors (Lipinski definition) is 4. The van der Waals surface area contributed by atoms with Crippen LogP contribution in [0.3, 0.4) is 0 Å². The standard InChI is InChI=1S/C11H13ClN4O2S/c1-2-16-6-11(14-7-16)19(17,18)15-10-5-8(13)3-4-9(10)12/h3-7,15H,2,13H2,1H3. The fourth-order valence-electron chi connectivity index (χ4n) is 1.47. The number of aryl methyl sites for hydroxylation is 1. The van der Waals surface area contributed by atoms with E-state index in [1.165, 1.54) is 24.7 Å². The molecule has 0 aliphatic carbocycles. The molecule has 6 nitrogen and oxygen atoms in total. The van der Waals surface area contributed by atoms with Crippen molar-refractivity contribution in [1.82, 2.24) is 9.55 Å². The van der Waals surface area contributed by atoms with Gasteiger partial charge < -0.3 is 10.3 Å². The Bertz CT molecular complexity index is 696. The number of nitrogens with zero attached hydrogens (tertiary/aromatic N) is 2. The van der Waals surface area contributed by atoms with Crippen LogP contribution in [0.5, 0.6) is 0 Å². The number of rotatable bonds is 4. The number of nitrogens with one attached hydrogen (secondary N) is 1. The van der Waals surface area contributed by atoms with Crippen LogP contribution >= 0.6 is 11.6 Å². The molecule has 0 aliphatic heterocycles. The van der Waals surface area contributed by atoms with E-state index in [9.17, 15) is 8.42 Å². The van der Waals surface area contributed by atoms with Crippen molar-refractivity contribution in [3.63, 3.8) is 0 Å². The lowest BCUT2D eigenvalue weighted by Gasteiger charge is -2.08. The summed E-state index contributed by atoms with van der Waals surface area (Å²) in [7, 11) is -3.76. The fourth-order valence-corrected chi connectivity index (χ4v) is 2.71. The van der Waals surface area contributed by atoms with Gasteiger partial charge in [-0.2, -0.15) is 8.42 Å². The minimum Gasteiger partial charge on any atom is -0.399 e. The van der Waals surface area contributed by atoms with Crippen LogP contribution in [0.25, 0.3) is 0 Å². The Morgan fingerprint density at radius 3 is 2.84 bits per heavy atom. The van der Waals surface area contributed by atoms with Crippen molar-refractivity contribution in [2.45, 2.75) is 18.5 Å². The van der Waals surface area contributed by atoms with Gasteiger partial charge in [-0.3, -0.25) is 4.72 Å². The van der Waals surface area contributed by atoms with E-state index in [-0.39, 0.29) is 15.7 Å². The van der Waals surface area contributed by atoms with E-state index in [4.69, 9.17) is 17.3 Å². The van der Waals surface area contributed by atoms with Crippen molar-refractivity contribution in [2.75, 3.05) is 10.5 Å². The van der Waals surface area contributed by atoms with Crippen LogP contribution in [-0.2, 0) is 16.6 Å². The summed E-state index contributed by atoms with van der Waals surface area (Å²) in [6.07, 6.45) is 2.90. The van der Waals surface area contributed by atoms with Crippen molar-refractivity contribution in [3.8, 4) is 0 Å². The molecule has 0 bridgehead atoms. The molecule has 2 rings (SSSR count). The zero-order valence-electron chi connectivity index (χ0n) is 10.2. The zero-order valence-corrected chi connectivity index (χ0v) is 11.7. The van der Waals surface area contributed by atoms with Gasteiger partial charge in [-0.25, -0.2) is 4.98 Å². The Kier molecular flexibility index (Phi) is 3.68. The second-order valence-corrected chi connectivity index (χ2v) is 5.92. The summed E-state index contributed by atoms with van der Waals surface area (Å²) in [5.41, 5.74) is 6.24. The van der Waals surface area contributed by atoms with E-state index < -0.39 is 10.0 Å². The first-order valence-corrected chi connectivity index (χ1v) is 7.38. The summed E-state index contributed by atoms with van der Waals surface area (Å²) in [6, 6.07) is 4.57. The first-order chi connectivity index (χ1) is 8.92. The lowest BCUT2D eigenvalue weighted by Crippen LogP contribution is -2.14. The number of nitrogens with two attached hydrogens (primary N) is 1. The van der Waals surface area contributed by atoms with E-state index in [0.29, 0.717) is 12.2 Å². The number of nitrogen functional groups attached to an aromatic ring is 1. The van der Waals surface area contributed by atoms with Crippen LogP contribution < -0.4 is 10.5 Å². The molecule has 19 heavy (non-hydrogen) atoms. The first-order valence-electron chi connectivity index (χ1n) is 5.52. The Hall–Kier alpha value is -1.73. The van der Waals surface area contributed by atoms with Gasteiger partial charge in [0, 0.05) is 18.4 Å². The minimum atomic E-state index is -3.76. The second kappa shape index (κ2) is 5.10. The van der Waals surface area contributed by atoms with Crippen molar-refractivity contribution < 1.29 is 8.42 Å². The molecule has 2 aromatic rings. The van der Waals surface area contributed by atoms with Gasteiger partial charge in [-0.05, 0) is 25.1 Å². The molecule has 0 fully saturated rings. The third-order valence-corrected chi connectivity index (χ3v) is 4.06. The lowest BCUT2D eigenvalue weighted by atomic mass is 10.3. The minimum absolute atomic E-state index is 0.0622. The molecule has 0 saturated heterocycles. The van der Waals surface area contributed by atoms with Crippen LogP contribution in [-0.4, -0.2) is 18.0 Å². The molecule has 0 saturated carbocycles. The van der Waals surface area contributed by atoms with E-state index in [2.05, 4.69) is 9.71 Å². The molecular weight excluding hydrogens is 288 g/mol. The maximum atomic E-state index is 12.1. The first kappa shape index (κ1) is 13.7. The number of anilines is 2. The van der Waals surface area contributed by atoms with E-state index in [1.54, 1.807) is 10.6 Å². The average Bonchev–Trinajstić information content (AvgIpc) is 2.83. The van der Waals surface area contributed by atoms with Crippen LogP contribution in [0.2, 0.25) is 5.02 Å². The largest absolute Gasteiger partial charge is 0.399 e. The summed E-state index contributed by atoms with van der Waals surface area (Å²) in [5.74, 6) is 0. The number of hydrogen-bond donors (Lipinski definition) is 2. The van der Waals surface area contributed by atoms with Gasteiger partial charge in [0.1, 0.15) is 0 Å². The normalized spacial score (nSPS) is 11.5. The Morgan fingerprint density at radius 1 is 1.47 bits per heavy atom. The zero-order chi connectivity index (χ0) is 14.0. The van der Waals surface area contributed by atoms with Crippen LogP contribution in [0.15, 0.2) is 35.7 Å². The van der Waals surface area contributed by atoms with Gasteiger partial charge in [0.25, 0.3) is 10.0 Å². The molecule has 102 valence electrons.